The highest BCUT2D eigenvalue weighted by atomic mass is 35.5. The van der Waals surface area contributed by atoms with Crippen LogP contribution < -0.4 is 4.73 Å². The molecule has 1 aromatic heterocycles. The number of halogens is 1. The van der Waals surface area contributed by atoms with E-state index in [9.17, 15) is 14.8 Å². The number of rotatable bonds is 2. The molecular formula is C17H16ClN3O3. The van der Waals surface area contributed by atoms with Gasteiger partial charge in [-0.1, -0.05) is 11.6 Å². The molecule has 0 unspecified atom stereocenters. The third kappa shape index (κ3) is 3.49. The van der Waals surface area contributed by atoms with Gasteiger partial charge in [0, 0.05) is 48.9 Å². The zero-order valence-corrected chi connectivity index (χ0v) is 13.6. The fourth-order valence-electron chi connectivity index (χ4n) is 2.63. The molecule has 2 amide bonds. The second-order valence-electron chi connectivity index (χ2n) is 5.54. The number of amides is 2. The predicted molar refractivity (Wildman–Crippen MR) is 88.7 cm³/mol. The van der Waals surface area contributed by atoms with Gasteiger partial charge in [0.25, 0.3) is 11.8 Å². The van der Waals surface area contributed by atoms with Crippen LogP contribution in [0.5, 0.6) is 0 Å². The van der Waals surface area contributed by atoms with Crippen molar-refractivity contribution in [3.05, 3.63) is 70.1 Å². The first-order chi connectivity index (χ1) is 11.5. The Morgan fingerprint density at radius 1 is 0.833 bits per heavy atom. The topological polar surface area (TPSA) is 67.6 Å². The minimum Gasteiger partial charge on any atom is -0.619 e. The number of carbonyl (C=O) groups excluding carboxylic acids is 2. The molecule has 0 N–H and O–H groups in total. The third-order valence-electron chi connectivity index (χ3n) is 3.99. The van der Waals surface area contributed by atoms with Gasteiger partial charge in [-0.25, -0.2) is 0 Å². The van der Waals surface area contributed by atoms with Gasteiger partial charge in [0.1, 0.15) is 0 Å². The molecule has 2 heterocycles. The van der Waals surface area contributed by atoms with Crippen molar-refractivity contribution in [1.82, 2.24) is 9.80 Å². The van der Waals surface area contributed by atoms with Crippen LogP contribution in [0.3, 0.4) is 0 Å². The van der Waals surface area contributed by atoms with Crippen LogP contribution in [0.15, 0.2) is 48.8 Å². The molecule has 1 saturated heterocycles. The first-order valence-corrected chi connectivity index (χ1v) is 7.95. The molecule has 0 radical (unpaired) electrons. The molecule has 0 bridgehead atoms. The normalized spacial score (nSPS) is 14.5. The van der Waals surface area contributed by atoms with Gasteiger partial charge in [-0.05, 0) is 24.3 Å². The van der Waals surface area contributed by atoms with Crippen LogP contribution in [0.1, 0.15) is 20.7 Å². The van der Waals surface area contributed by atoms with Crippen molar-refractivity contribution in [3.63, 3.8) is 0 Å². The van der Waals surface area contributed by atoms with E-state index in [0.717, 1.165) is 0 Å². The Balaban J connectivity index is 1.61. The number of carbonyl (C=O) groups is 2. The molecule has 0 atom stereocenters. The SMILES string of the molecule is O=C(c1ccc(Cl)cc1)N1CCN(C(=O)c2cc[n+]([O-])cc2)CC1. The summed E-state index contributed by atoms with van der Waals surface area (Å²) in [5.74, 6) is -0.194. The average molecular weight is 346 g/mol. The third-order valence-corrected chi connectivity index (χ3v) is 4.25. The van der Waals surface area contributed by atoms with Crippen LogP contribution in [0.2, 0.25) is 5.02 Å². The van der Waals surface area contributed by atoms with E-state index >= 15 is 0 Å². The van der Waals surface area contributed by atoms with Gasteiger partial charge in [0.15, 0.2) is 12.4 Å². The van der Waals surface area contributed by atoms with E-state index in [1.165, 1.54) is 24.5 Å². The lowest BCUT2D eigenvalue weighted by Crippen LogP contribution is -2.50. The summed E-state index contributed by atoms with van der Waals surface area (Å²) in [5, 5.41) is 11.6. The summed E-state index contributed by atoms with van der Waals surface area (Å²) < 4.78 is 0.638. The van der Waals surface area contributed by atoms with Crippen molar-refractivity contribution in [3.8, 4) is 0 Å². The molecule has 1 aliphatic rings. The highest BCUT2D eigenvalue weighted by Crippen LogP contribution is 2.14. The number of pyridine rings is 1. The summed E-state index contributed by atoms with van der Waals surface area (Å²) >= 11 is 5.83. The molecule has 1 aromatic carbocycles. The molecule has 2 aromatic rings. The molecule has 24 heavy (non-hydrogen) atoms. The Hall–Kier alpha value is -2.60. The monoisotopic (exact) mass is 345 g/mol. The van der Waals surface area contributed by atoms with Gasteiger partial charge in [-0.2, -0.15) is 4.73 Å². The highest BCUT2D eigenvalue weighted by Gasteiger charge is 2.25. The number of benzene rings is 1. The Bertz CT molecular complexity index is 673. The lowest BCUT2D eigenvalue weighted by atomic mass is 10.1. The van der Waals surface area contributed by atoms with Crippen LogP contribution in [0.4, 0.5) is 0 Å². The first kappa shape index (κ1) is 16.3. The second kappa shape index (κ2) is 6.88. The van der Waals surface area contributed by atoms with Crippen molar-refractivity contribution in [2.75, 3.05) is 26.2 Å². The molecule has 0 saturated carbocycles. The lowest BCUT2D eigenvalue weighted by molar-refractivity contribution is -0.605. The van der Waals surface area contributed by atoms with E-state index in [1.807, 2.05) is 0 Å². The minimum atomic E-state index is -0.130. The van der Waals surface area contributed by atoms with Gasteiger partial charge in [-0.15, -0.1) is 0 Å². The van der Waals surface area contributed by atoms with Crippen LogP contribution in [0.25, 0.3) is 0 Å². The maximum atomic E-state index is 12.4. The zero-order valence-electron chi connectivity index (χ0n) is 12.9. The number of nitrogens with zero attached hydrogens (tertiary/aromatic N) is 3. The highest BCUT2D eigenvalue weighted by molar-refractivity contribution is 6.30. The van der Waals surface area contributed by atoms with Crippen molar-refractivity contribution in [2.45, 2.75) is 0 Å². The summed E-state index contributed by atoms with van der Waals surface area (Å²) in [6.07, 6.45) is 2.60. The molecule has 7 heteroatoms. The van der Waals surface area contributed by atoms with Crippen molar-refractivity contribution in [1.29, 1.82) is 0 Å². The van der Waals surface area contributed by atoms with Gasteiger partial charge >= 0.3 is 0 Å². The second-order valence-corrected chi connectivity index (χ2v) is 5.97. The Morgan fingerprint density at radius 3 is 1.71 bits per heavy atom. The van der Waals surface area contributed by atoms with E-state index < -0.39 is 0 Å². The molecule has 3 rings (SSSR count). The Labute approximate surface area is 144 Å². The quantitative estimate of drug-likeness (QED) is 0.613. The van der Waals surface area contributed by atoms with Crippen molar-refractivity contribution >= 4 is 23.4 Å². The summed E-state index contributed by atoms with van der Waals surface area (Å²) in [6.45, 7) is 1.87. The summed E-state index contributed by atoms with van der Waals surface area (Å²) in [6, 6.07) is 9.77. The fraction of sp³-hybridized carbons (Fsp3) is 0.235. The minimum absolute atomic E-state index is 0.0640. The van der Waals surface area contributed by atoms with E-state index in [1.54, 1.807) is 34.1 Å². The summed E-state index contributed by atoms with van der Waals surface area (Å²) in [4.78, 5) is 28.2. The van der Waals surface area contributed by atoms with Crippen molar-refractivity contribution < 1.29 is 14.3 Å². The average Bonchev–Trinajstić information content (AvgIpc) is 2.62. The fourth-order valence-corrected chi connectivity index (χ4v) is 2.75. The Kier molecular flexibility index (Phi) is 4.66. The number of aromatic nitrogens is 1. The molecule has 0 aliphatic carbocycles. The molecule has 6 nitrogen and oxygen atoms in total. The maximum absolute atomic E-state index is 12.4. The van der Waals surface area contributed by atoms with E-state index in [-0.39, 0.29) is 11.8 Å². The van der Waals surface area contributed by atoms with Crippen LogP contribution >= 0.6 is 11.6 Å². The molecule has 0 spiro atoms. The standard InChI is InChI=1S/C17H16ClN3O3/c18-15-3-1-13(2-4-15)16(22)19-9-11-20(12-10-19)17(23)14-5-7-21(24)8-6-14/h1-8H,9-12H2. The van der Waals surface area contributed by atoms with Gasteiger partial charge in [0.2, 0.25) is 0 Å². The summed E-state index contributed by atoms with van der Waals surface area (Å²) in [7, 11) is 0. The van der Waals surface area contributed by atoms with E-state index in [2.05, 4.69) is 0 Å². The molecular weight excluding hydrogens is 330 g/mol. The molecule has 124 valence electrons. The first-order valence-electron chi connectivity index (χ1n) is 7.57. The number of piperazine rings is 1. The summed E-state index contributed by atoms with van der Waals surface area (Å²) in [5.41, 5.74) is 1.06. The predicted octanol–water partition coefficient (Wildman–Crippen LogP) is 1.57. The van der Waals surface area contributed by atoms with Gasteiger partial charge < -0.3 is 15.0 Å². The molecule has 1 aliphatic heterocycles. The van der Waals surface area contributed by atoms with Crippen LogP contribution in [-0.4, -0.2) is 47.8 Å². The maximum Gasteiger partial charge on any atom is 0.254 e. The number of hydrogen-bond acceptors (Lipinski definition) is 3. The van der Waals surface area contributed by atoms with Gasteiger partial charge in [0.05, 0.1) is 5.56 Å². The smallest absolute Gasteiger partial charge is 0.254 e. The van der Waals surface area contributed by atoms with Crippen molar-refractivity contribution in [2.24, 2.45) is 0 Å². The van der Waals surface area contributed by atoms with E-state index in [4.69, 9.17) is 11.6 Å². The van der Waals surface area contributed by atoms with Crippen LogP contribution in [-0.2, 0) is 0 Å². The lowest BCUT2D eigenvalue weighted by Gasteiger charge is -2.34. The number of hydrogen-bond donors (Lipinski definition) is 0. The van der Waals surface area contributed by atoms with Crippen LogP contribution in [0, 0.1) is 5.21 Å². The van der Waals surface area contributed by atoms with Gasteiger partial charge in [-0.3, -0.25) is 9.59 Å². The molecule has 1 fully saturated rings. The largest absolute Gasteiger partial charge is 0.619 e. The zero-order chi connectivity index (χ0) is 17.1. The Morgan fingerprint density at radius 2 is 1.25 bits per heavy atom. The van der Waals surface area contributed by atoms with E-state index in [0.29, 0.717) is 47.1 Å².